The molecule has 2 fully saturated rings. The highest BCUT2D eigenvalue weighted by Crippen LogP contribution is 2.49. The lowest BCUT2D eigenvalue weighted by Crippen LogP contribution is -2.69. The van der Waals surface area contributed by atoms with E-state index in [0.29, 0.717) is 24.4 Å². The summed E-state index contributed by atoms with van der Waals surface area (Å²) >= 11 is 0. The molecule has 58 heavy (non-hydrogen) atoms. The zero-order valence-electron chi connectivity index (χ0n) is 34.5. The second kappa shape index (κ2) is 16.8. The Kier molecular flexibility index (Phi) is 12.1. The van der Waals surface area contributed by atoms with Gasteiger partial charge in [0.25, 0.3) is 8.32 Å². The van der Waals surface area contributed by atoms with E-state index in [2.05, 4.69) is 145 Å². The summed E-state index contributed by atoms with van der Waals surface area (Å²) in [4.78, 5) is 12.1. The largest absolute Gasteiger partial charge is 0.533 e. The topological polar surface area (TPSA) is 104 Å². The fourth-order valence-electron chi connectivity index (χ4n) is 9.36. The molecule has 306 valence electrons. The van der Waals surface area contributed by atoms with Gasteiger partial charge in [0.1, 0.15) is 24.4 Å². The Labute approximate surface area is 345 Å². The number of ether oxygens (including phenoxy) is 3. The molecule has 4 aromatic rings. The third-order valence-electron chi connectivity index (χ3n) is 12.0. The van der Waals surface area contributed by atoms with Crippen LogP contribution in [0.2, 0.25) is 10.1 Å². The highest BCUT2D eigenvalue weighted by molar-refractivity contribution is 7.00. The molecular formula is C48H58O8Si2. The molecule has 0 aromatic heterocycles. The van der Waals surface area contributed by atoms with Crippen LogP contribution in [0.25, 0.3) is 0 Å². The van der Waals surface area contributed by atoms with Gasteiger partial charge < -0.3 is 33.3 Å². The van der Waals surface area contributed by atoms with Crippen molar-refractivity contribution in [1.82, 2.24) is 0 Å². The van der Waals surface area contributed by atoms with Crippen molar-refractivity contribution < 1.29 is 38.1 Å². The van der Waals surface area contributed by atoms with Crippen molar-refractivity contribution in [3.8, 4) is 0 Å². The molecule has 8 nitrogen and oxygen atoms in total. The van der Waals surface area contributed by atoms with Crippen LogP contribution < -0.4 is 20.7 Å². The predicted molar refractivity (Wildman–Crippen MR) is 233 cm³/mol. The van der Waals surface area contributed by atoms with Crippen molar-refractivity contribution in [2.45, 2.75) is 120 Å². The standard InChI is InChI=1S/C48H58O8Si2/c1-8-33(49)31-40-43(55-57(47(2,3)4,35-21-13-9-14-22-35)36-23-15-10-16-24-36)44-45(54-40)46(42-39(53-44)30-29-34(52-42)32-41(50)51)56-58(48(5,6)7,37-25-17-11-18-26-37)38-27-19-12-20-28-38/h8-28,33-34,39-40,42-44,49H,1,29-32H2,2-7H3,(H,50,51)/t33?,34-,39+,40-,42+,43+,44-/m1/s1. The molecule has 0 aliphatic carbocycles. The van der Waals surface area contributed by atoms with Crippen LogP contribution in [0.15, 0.2) is 146 Å². The number of aliphatic hydroxyl groups excluding tert-OH is 1. The molecule has 10 heteroatoms. The minimum atomic E-state index is -3.28. The summed E-state index contributed by atoms with van der Waals surface area (Å²) in [6.07, 6.45) is -1.97. The van der Waals surface area contributed by atoms with E-state index in [0.717, 1.165) is 20.7 Å². The van der Waals surface area contributed by atoms with E-state index in [-0.39, 0.29) is 17.9 Å². The van der Waals surface area contributed by atoms with Crippen molar-refractivity contribution in [3.05, 3.63) is 146 Å². The number of rotatable bonds is 13. The third-order valence-corrected chi connectivity index (χ3v) is 22.0. The van der Waals surface area contributed by atoms with E-state index < -0.39 is 70.4 Å². The molecule has 0 bridgehead atoms. The van der Waals surface area contributed by atoms with Gasteiger partial charge in [-0.1, -0.05) is 169 Å². The Hall–Kier alpha value is -4.30. The number of carboxylic acids is 1. The fourth-order valence-corrected chi connectivity index (χ4v) is 18.5. The van der Waals surface area contributed by atoms with Crippen LogP contribution in [0.5, 0.6) is 0 Å². The van der Waals surface area contributed by atoms with Crippen molar-refractivity contribution in [3.63, 3.8) is 0 Å². The van der Waals surface area contributed by atoms with Gasteiger partial charge in [0, 0.05) is 6.42 Å². The number of aliphatic carboxylic acids is 1. The van der Waals surface area contributed by atoms with Gasteiger partial charge in [0.15, 0.2) is 11.5 Å². The van der Waals surface area contributed by atoms with Crippen molar-refractivity contribution in [2.24, 2.45) is 0 Å². The van der Waals surface area contributed by atoms with E-state index in [1.807, 2.05) is 24.3 Å². The summed E-state index contributed by atoms with van der Waals surface area (Å²) in [7, 11) is -6.47. The second-order valence-corrected chi connectivity index (χ2v) is 26.4. The van der Waals surface area contributed by atoms with Crippen LogP contribution in [0.1, 0.15) is 67.2 Å². The Morgan fingerprint density at radius 1 is 0.741 bits per heavy atom. The molecule has 7 rings (SSSR count). The maximum absolute atomic E-state index is 12.1. The zero-order chi connectivity index (χ0) is 41.3. The Bertz CT molecular complexity index is 1970. The lowest BCUT2D eigenvalue weighted by molar-refractivity contribution is -0.177. The number of aliphatic hydroxyl groups is 1. The molecular weight excluding hydrogens is 761 g/mol. The van der Waals surface area contributed by atoms with Crippen LogP contribution in [0, 0.1) is 0 Å². The molecule has 2 N–H and O–H groups in total. The first-order valence-electron chi connectivity index (χ1n) is 20.5. The summed E-state index contributed by atoms with van der Waals surface area (Å²) in [5, 5.41) is 24.8. The molecule has 7 atom stereocenters. The van der Waals surface area contributed by atoms with Crippen molar-refractivity contribution in [2.75, 3.05) is 0 Å². The van der Waals surface area contributed by atoms with Gasteiger partial charge in [-0.2, -0.15) is 0 Å². The lowest BCUT2D eigenvalue weighted by atomic mass is 9.93. The molecule has 3 aliphatic heterocycles. The Balaban J connectivity index is 1.47. The van der Waals surface area contributed by atoms with Crippen molar-refractivity contribution in [1.29, 1.82) is 0 Å². The first-order chi connectivity index (χ1) is 27.7. The van der Waals surface area contributed by atoms with E-state index in [9.17, 15) is 15.0 Å². The van der Waals surface area contributed by atoms with Gasteiger partial charge in [0.05, 0.1) is 24.7 Å². The number of benzene rings is 4. The molecule has 0 amide bonds. The molecule has 2 saturated heterocycles. The van der Waals surface area contributed by atoms with Gasteiger partial charge in [-0.15, -0.1) is 6.58 Å². The minimum absolute atomic E-state index is 0.136. The van der Waals surface area contributed by atoms with Crippen LogP contribution in [-0.4, -0.2) is 75.5 Å². The number of hydrogen-bond acceptors (Lipinski definition) is 7. The van der Waals surface area contributed by atoms with E-state index in [4.69, 9.17) is 23.1 Å². The average Bonchev–Trinajstić information content (AvgIpc) is 3.54. The number of hydrogen-bond donors (Lipinski definition) is 2. The molecule has 0 spiro atoms. The number of carbonyl (C=O) groups is 1. The maximum atomic E-state index is 12.1. The maximum Gasteiger partial charge on any atom is 0.319 e. The fraction of sp³-hybridized carbons (Fsp3) is 0.396. The molecule has 0 saturated carbocycles. The molecule has 0 radical (unpaired) electrons. The lowest BCUT2D eigenvalue weighted by Gasteiger charge is -2.49. The number of carboxylic acid groups (broad SMARTS) is 1. The van der Waals surface area contributed by atoms with Crippen LogP contribution in [0.3, 0.4) is 0 Å². The summed E-state index contributed by atoms with van der Waals surface area (Å²) < 4.78 is 36.8. The van der Waals surface area contributed by atoms with Gasteiger partial charge >= 0.3 is 14.3 Å². The van der Waals surface area contributed by atoms with Crippen LogP contribution in [0.4, 0.5) is 0 Å². The molecule has 4 aromatic carbocycles. The first kappa shape index (κ1) is 41.8. The van der Waals surface area contributed by atoms with Crippen LogP contribution in [-0.2, 0) is 27.9 Å². The third kappa shape index (κ3) is 7.78. The van der Waals surface area contributed by atoms with Gasteiger partial charge in [-0.05, 0) is 43.7 Å². The second-order valence-electron chi connectivity index (χ2n) is 17.9. The quantitative estimate of drug-likeness (QED) is 0.112. The monoisotopic (exact) mass is 818 g/mol. The molecule has 1 unspecified atom stereocenters. The first-order valence-corrected chi connectivity index (χ1v) is 24.3. The van der Waals surface area contributed by atoms with E-state index in [1.54, 1.807) is 0 Å². The molecule has 3 heterocycles. The summed E-state index contributed by atoms with van der Waals surface area (Å²) in [5.74, 6) is 0.0844. The molecule has 3 aliphatic rings. The van der Waals surface area contributed by atoms with E-state index >= 15 is 0 Å². The Morgan fingerprint density at radius 2 is 1.21 bits per heavy atom. The van der Waals surface area contributed by atoms with Gasteiger partial charge in [-0.25, -0.2) is 0 Å². The minimum Gasteiger partial charge on any atom is -0.533 e. The average molecular weight is 819 g/mol. The normalized spacial score (nSPS) is 24.3. The number of fused-ring (bicyclic) bond motifs is 2. The summed E-state index contributed by atoms with van der Waals surface area (Å²) in [6, 6.07) is 41.8. The predicted octanol–water partition coefficient (Wildman–Crippen LogP) is 6.85. The smallest absolute Gasteiger partial charge is 0.319 e. The highest BCUT2D eigenvalue weighted by atomic mass is 28.4. The van der Waals surface area contributed by atoms with E-state index in [1.165, 1.54) is 6.08 Å². The summed E-state index contributed by atoms with van der Waals surface area (Å²) in [6.45, 7) is 17.3. The van der Waals surface area contributed by atoms with Crippen LogP contribution >= 0.6 is 0 Å². The van der Waals surface area contributed by atoms with Gasteiger partial charge in [-0.3, -0.25) is 4.79 Å². The Morgan fingerprint density at radius 3 is 1.64 bits per heavy atom. The van der Waals surface area contributed by atoms with Gasteiger partial charge in [0.2, 0.25) is 0 Å². The highest BCUT2D eigenvalue weighted by Gasteiger charge is 2.61. The summed E-state index contributed by atoms with van der Waals surface area (Å²) in [5.41, 5.74) is 0. The van der Waals surface area contributed by atoms with Crippen molar-refractivity contribution >= 4 is 43.4 Å². The SMILES string of the molecule is C=CC(O)C[C@H]1OC2=C(O[Si](c3ccccc3)(c3ccccc3)C(C)(C)C)[C@H]3O[C@@H](CC(=O)O)CC[C@@H]3O[C@@H]2[C@H]1O[Si](c1ccccc1)(c1ccccc1)C(C)(C)C. The zero-order valence-corrected chi connectivity index (χ0v) is 36.5.